The van der Waals surface area contributed by atoms with E-state index in [0.29, 0.717) is 11.1 Å². The minimum absolute atomic E-state index is 0.316. The van der Waals surface area contributed by atoms with Crippen LogP contribution in [0.15, 0.2) is 46.9 Å². The minimum Gasteiger partial charge on any atom is -0.384 e. The van der Waals surface area contributed by atoms with Crippen molar-refractivity contribution in [3.63, 3.8) is 0 Å². The molecule has 0 heterocycles. The quantitative estimate of drug-likeness (QED) is 0.894. The second-order valence-corrected chi connectivity index (χ2v) is 4.45. The minimum atomic E-state index is -0.985. The molecule has 0 bridgehead atoms. The Morgan fingerprint density at radius 3 is 2.35 bits per heavy atom. The number of aliphatic hydroxyl groups is 1. The van der Waals surface area contributed by atoms with Crippen molar-refractivity contribution in [3.05, 3.63) is 69.7 Å². The van der Waals surface area contributed by atoms with Gasteiger partial charge in [0.15, 0.2) is 11.6 Å². The van der Waals surface area contributed by atoms with Crippen LogP contribution in [0.3, 0.4) is 0 Å². The molecule has 0 aliphatic heterocycles. The first-order chi connectivity index (χ1) is 8.09. The molecule has 0 fully saturated rings. The molecule has 88 valence electrons. The van der Waals surface area contributed by atoms with Gasteiger partial charge in [-0.2, -0.15) is 0 Å². The Hall–Kier alpha value is -1.26. The lowest BCUT2D eigenvalue weighted by Crippen LogP contribution is -2.01. The van der Waals surface area contributed by atoms with Crippen molar-refractivity contribution in [3.8, 4) is 0 Å². The Morgan fingerprint density at radius 1 is 1.00 bits per heavy atom. The van der Waals surface area contributed by atoms with Crippen molar-refractivity contribution in [2.75, 3.05) is 0 Å². The number of aliphatic hydroxyl groups excluding tert-OH is 1. The summed E-state index contributed by atoms with van der Waals surface area (Å²) >= 11 is 3.30. The molecule has 0 aliphatic carbocycles. The fourth-order valence-corrected chi connectivity index (χ4v) is 2.06. The highest BCUT2D eigenvalue weighted by atomic mass is 79.9. The molecule has 0 aliphatic rings. The third-order valence-electron chi connectivity index (χ3n) is 2.46. The second-order valence-electron chi connectivity index (χ2n) is 3.60. The van der Waals surface area contributed by atoms with E-state index in [0.717, 1.165) is 16.6 Å². The molecule has 2 rings (SSSR count). The lowest BCUT2D eigenvalue weighted by Gasteiger charge is -2.13. The van der Waals surface area contributed by atoms with Crippen LogP contribution in [-0.4, -0.2) is 5.11 Å². The van der Waals surface area contributed by atoms with E-state index in [1.54, 1.807) is 18.2 Å². The zero-order valence-electron chi connectivity index (χ0n) is 8.70. The molecular formula is C13H9BrF2O. The molecule has 17 heavy (non-hydrogen) atoms. The van der Waals surface area contributed by atoms with Crippen molar-refractivity contribution in [1.29, 1.82) is 0 Å². The fraction of sp³-hybridized carbons (Fsp3) is 0.0769. The van der Waals surface area contributed by atoms with Crippen molar-refractivity contribution in [1.82, 2.24) is 0 Å². The van der Waals surface area contributed by atoms with Gasteiger partial charge in [-0.25, -0.2) is 8.78 Å². The normalized spacial score (nSPS) is 12.5. The first kappa shape index (κ1) is 12.2. The monoisotopic (exact) mass is 298 g/mol. The molecule has 0 saturated heterocycles. The maximum Gasteiger partial charge on any atom is 0.159 e. The smallest absolute Gasteiger partial charge is 0.159 e. The van der Waals surface area contributed by atoms with E-state index < -0.39 is 17.7 Å². The van der Waals surface area contributed by atoms with Gasteiger partial charge < -0.3 is 5.11 Å². The number of rotatable bonds is 2. The van der Waals surface area contributed by atoms with Crippen LogP contribution in [0.4, 0.5) is 8.78 Å². The molecule has 2 aromatic rings. The molecule has 1 atom stereocenters. The number of benzene rings is 2. The van der Waals surface area contributed by atoms with Gasteiger partial charge in [0.2, 0.25) is 0 Å². The van der Waals surface area contributed by atoms with Crippen LogP contribution in [0.25, 0.3) is 0 Å². The summed E-state index contributed by atoms with van der Waals surface area (Å²) in [6, 6.07) is 10.4. The predicted octanol–water partition coefficient (Wildman–Crippen LogP) is 3.81. The maximum absolute atomic E-state index is 13.1. The number of hydrogen-bond acceptors (Lipinski definition) is 1. The first-order valence-corrected chi connectivity index (χ1v) is 5.76. The third kappa shape index (κ3) is 2.53. The van der Waals surface area contributed by atoms with Gasteiger partial charge in [0.05, 0.1) is 0 Å². The van der Waals surface area contributed by atoms with E-state index >= 15 is 0 Å². The van der Waals surface area contributed by atoms with Crippen molar-refractivity contribution in [2.45, 2.75) is 6.10 Å². The van der Waals surface area contributed by atoms with Crippen molar-refractivity contribution < 1.29 is 13.9 Å². The molecule has 0 saturated carbocycles. The van der Waals surface area contributed by atoms with E-state index in [4.69, 9.17) is 0 Å². The molecular weight excluding hydrogens is 290 g/mol. The van der Waals surface area contributed by atoms with E-state index in [2.05, 4.69) is 15.9 Å². The SMILES string of the molecule is OC(c1ccc(F)c(F)c1)c1ccccc1Br. The van der Waals surface area contributed by atoms with E-state index in [-0.39, 0.29) is 0 Å². The average Bonchev–Trinajstić information content (AvgIpc) is 2.32. The Morgan fingerprint density at radius 2 is 1.71 bits per heavy atom. The summed E-state index contributed by atoms with van der Waals surface area (Å²) < 4.78 is 26.6. The molecule has 0 amide bonds. The number of halogens is 3. The van der Waals surface area contributed by atoms with E-state index in [1.165, 1.54) is 6.07 Å². The summed E-state index contributed by atoms with van der Waals surface area (Å²) in [6.07, 6.45) is -0.985. The van der Waals surface area contributed by atoms with Crippen molar-refractivity contribution in [2.24, 2.45) is 0 Å². The number of hydrogen-bond donors (Lipinski definition) is 1. The Balaban J connectivity index is 2.40. The lowest BCUT2D eigenvalue weighted by molar-refractivity contribution is 0.218. The maximum atomic E-state index is 13.1. The molecule has 0 spiro atoms. The van der Waals surface area contributed by atoms with Gasteiger partial charge in [-0.15, -0.1) is 0 Å². The summed E-state index contributed by atoms with van der Waals surface area (Å²) in [5.74, 6) is -1.89. The Labute approximate surface area is 106 Å². The summed E-state index contributed by atoms with van der Waals surface area (Å²) in [7, 11) is 0. The van der Waals surface area contributed by atoms with Crippen LogP contribution in [0.1, 0.15) is 17.2 Å². The fourth-order valence-electron chi connectivity index (χ4n) is 1.56. The molecule has 2 aromatic carbocycles. The van der Waals surface area contributed by atoms with Crippen LogP contribution in [0.5, 0.6) is 0 Å². The second kappa shape index (κ2) is 4.94. The molecule has 1 N–H and O–H groups in total. The molecule has 4 heteroatoms. The Kier molecular flexibility index (Phi) is 3.54. The molecule has 1 unspecified atom stereocenters. The van der Waals surface area contributed by atoms with Crippen LogP contribution < -0.4 is 0 Å². The summed E-state index contributed by atoms with van der Waals surface area (Å²) in [5.41, 5.74) is 0.925. The summed E-state index contributed by atoms with van der Waals surface area (Å²) in [5, 5.41) is 10.1. The highest BCUT2D eigenvalue weighted by Crippen LogP contribution is 2.28. The van der Waals surface area contributed by atoms with Gasteiger partial charge in [-0.05, 0) is 29.3 Å². The predicted molar refractivity (Wildman–Crippen MR) is 64.6 cm³/mol. The molecule has 0 radical (unpaired) electrons. The summed E-state index contributed by atoms with van der Waals surface area (Å²) in [4.78, 5) is 0. The van der Waals surface area contributed by atoms with Gasteiger partial charge in [0, 0.05) is 4.47 Å². The van der Waals surface area contributed by atoms with Gasteiger partial charge in [0.1, 0.15) is 6.10 Å². The lowest BCUT2D eigenvalue weighted by atomic mass is 10.0. The van der Waals surface area contributed by atoms with E-state index in [9.17, 15) is 13.9 Å². The largest absolute Gasteiger partial charge is 0.384 e. The molecule has 1 nitrogen and oxygen atoms in total. The molecule has 0 aromatic heterocycles. The van der Waals surface area contributed by atoms with Crippen LogP contribution in [0, 0.1) is 11.6 Å². The first-order valence-electron chi connectivity index (χ1n) is 4.97. The average molecular weight is 299 g/mol. The summed E-state index contributed by atoms with van der Waals surface area (Å²) in [6.45, 7) is 0. The highest BCUT2D eigenvalue weighted by molar-refractivity contribution is 9.10. The zero-order valence-corrected chi connectivity index (χ0v) is 10.3. The topological polar surface area (TPSA) is 20.2 Å². The van der Waals surface area contributed by atoms with Gasteiger partial charge >= 0.3 is 0 Å². The van der Waals surface area contributed by atoms with Gasteiger partial charge in [0.25, 0.3) is 0 Å². The van der Waals surface area contributed by atoms with Crippen LogP contribution in [-0.2, 0) is 0 Å². The van der Waals surface area contributed by atoms with E-state index in [1.807, 2.05) is 6.07 Å². The van der Waals surface area contributed by atoms with Crippen LogP contribution in [0.2, 0.25) is 0 Å². The van der Waals surface area contributed by atoms with Gasteiger partial charge in [-0.3, -0.25) is 0 Å². The third-order valence-corrected chi connectivity index (χ3v) is 3.18. The highest BCUT2D eigenvalue weighted by Gasteiger charge is 2.14. The standard InChI is InChI=1S/C13H9BrF2O/c14-10-4-2-1-3-9(10)13(17)8-5-6-11(15)12(16)7-8/h1-7,13,17H. The van der Waals surface area contributed by atoms with Crippen LogP contribution >= 0.6 is 15.9 Å². The van der Waals surface area contributed by atoms with Crippen molar-refractivity contribution >= 4 is 15.9 Å². The Bertz CT molecular complexity index is 543. The van der Waals surface area contributed by atoms with Gasteiger partial charge in [-0.1, -0.05) is 40.2 Å². The zero-order chi connectivity index (χ0) is 12.4.